The molecule has 6 atom stereocenters. The van der Waals surface area contributed by atoms with E-state index in [1.165, 1.54) is 5.56 Å². The van der Waals surface area contributed by atoms with Crippen molar-refractivity contribution < 1.29 is 34.4 Å². The third-order valence-electron chi connectivity index (χ3n) is 7.66. The number of benzene rings is 1. The Kier molecular flexibility index (Phi) is 9.22. The molecule has 7 heteroatoms. The Bertz CT molecular complexity index is 875. The molecule has 1 aromatic carbocycles. The van der Waals surface area contributed by atoms with Gasteiger partial charge in [0.15, 0.2) is 6.61 Å². The van der Waals surface area contributed by atoms with Crippen LogP contribution in [0.25, 0.3) is 0 Å². The Morgan fingerprint density at radius 2 is 1.94 bits per heavy atom. The van der Waals surface area contributed by atoms with Gasteiger partial charge in [-0.05, 0) is 84.8 Å². The molecule has 0 saturated heterocycles. The third-order valence-corrected chi connectivity index (χ3v) is 7.66. The molecule has 1 saturated carbocycles. The first-order valence-corrected chi connectivity index (χ1v) is 12.9. The molecule has 2 aliphatic carbocycles. The average molecular weight is 491 g/mol. The summed E-state index contributed by atoms with van der Waals surface area (Å²) in [5, 5.41) is 30.3. The lowest BCUT2D eigenvalue weighted by atomic mass is 9.73. The van der Waals surface area contributed by atoms with Crippen LogP contribution in [0.1, 0.15) is 70.9 Å². The van der Waals surface area contributed by atoms with Crippen LogP contribution in [0.15, 0.2) is 18.2 Å². The number of carboxylic acids is 1. The number of fused-ring (bicyclic) bond motifs is 2. The first-order chi connectivity index (χ1) is 16.4. The maximum atomic E-state index is 11.9. The van der Waals surface area contributed by atoms with E-state index in [9.17, 15) is 19.8 Å². The van der Waals surface area contributed by atoms with Gasteiger partial charge in [0.2, 0.25) is 0 Å². The van der Waals surface area contributed by atoms with Crippen molar-refractivity contribution in [1.29, 1.82) is 0 Å². The van der Waals surface area contributed by atoms with Crippen LogP contribution >= 0.6 is 0 Å². The highest BCUT2D eigenvalue weighted by molar-refractivity contribution is 5.72. The predicted octanol–water partition coefficient (Wildman–Crippen LogP) is 4.01. The number of aliphatic hydroxyl groups excluding tert-OH is 2. The smallest absolute Gasteiger partial charge is 0.344 e. The van der Waals surface area contributed by atoms with Crippen molar-refractivity contribution in [2.75, 3.05) is 13.2 Å². The zero-order valence-corrected chi connectivity index (χ0v) is 21.5. The van der Waals surface area contributed by atoms with Gasteiger partial charge < -0.3 is 24.8 Å². The quantitative estimate of drug-likeness (QED) is 0.402. The van der Waals surface area contributed by atoms with Crippen LogP contribution in [-0.2, 0) is 27.2 Å². The van der Waals surface area contributed by atoms with Gasteiger partial charge in [0, 0.05) is 0 Å². The number of aliphatic carboxylic acids is 1. The van der Waals surface area contributed by atoms with Gasteiger partial charge in [-0.15, -0.1) is 0 Å². The number of aliphatic hydroxyl groups is 2. The van der Waals surface area contributed by atoms with Crippen molar-refractivity contribution in [3.63, 3.8) is 0 Å². The molecule has 7 nitrogen and oxygen atoms in total. The first kappa shape index (κ1) is 27.5. The summed E-state index contributed by atoms with van der Waals surface area (Å²) in [4.78, 5) is 22.5. The van der Waals surface area contributed by atoms with Crippen molar-refractivity contribution in [1.82, 2.24) is 0 Å². The molecule has 2 aliphatic rings. The van der Waals surface area contributed by atoms with Crippen LogP contribution in [0.2, 0.25) is 0 Å². The Labute approximate surface area is 208 Å². The van der Waals surface area contributed by atoms with Crippen LogP contribution in [-0.4, -0.2) is 52.7 Å². The number of hydrogen-bond acceptors (Lipinski definition) is 6. The molecular formula is C28H42O7. The first-order valence-electron chi connectivity index (χ1n) is 12.9. The van der Waals surface area contributed by atoms with E-state index in [1.54, 1.807) is 0 Å². The number of ether oxygens (including phenoxy) is 2. The predicted molar refractivity (Wildman–Crippen MR) is 132 cm³/mol. The lowest BCUT2D eigenvalue weighted by Gasteiger charge is -2.33. The van der Waals surface area contributed by atoms with Gasteiger partial charge in [0.1, 0.15) is 12.4 Å². The summed E-state index contributed by atoms with van der Waals surface area (Å²) in [6.45, 7) is 8.27. The van der Waals surface area contributed by atoms with E-state index in [4.69, 9.17) is 14.6 Å². The zero-order valence-electron chi connectivity index (χ0n) is 21.5. The van der Waals surface area contributed by atoms with Gasteiger partial charge in [-0.1, -0.05) is 39.8 Å². The Hall–Kier alpha value is -2.12. The Morgan fingerprint density at radius 1 is 1.20 bits per heavy atom. The molecule has 0 aromatic heterocycles. The van der Waals surface area contributed by atoms with Crippen molar-refractivity contribution >= 4 is 11.9 Å². The molecule has 0 bridgehead atoms. The molecule has 3 rings (SSSR count). The van der Waals surface area contributed by atoms with Crippen molar-refractivity contribution in [2.24, 2.45) is 29.1 Å². The fourth-order valence-corrected chi connectivity index (χ4v) is 6.12. The van der Waals surface area contributed by atoms with Crippen LogP contribution in [0.3, 0.4) is 0 Å². The lowest BCUT2D eigenvalue weighted by molar-refractivity contribution is -0.148. The number of carbonyl (C=O) groups excluding carboxylic acids is 1. The Morgan fingerprint density at radius 3 is 2.63 bits per heavy atom. The number of hydrogen-bond donors (Lipinski definition) is 3. The largest absolute Gasteiger partial charge is 0.482 e. The summed E-state index contributed by atoms with van der Waals surface area (Å²) in [6, 6.07) is 5.85. The minimum atomic E-state index is -1.02. The molecule has 0 heterocycles. The van der Waals surface area contributed by atoms with Crippen LogP contribution < -0.4 is 4.74 Å². The van der Waals surface area contributed by atoms with Crippen molar-refractivity contribution in [3.8, 4) is 5.75 Å². The molecular weight excluding hydrogens is 448 g/mol. The van der Waals surface area contributed by atoms with Crippen LogP contribution in [0, 0.1) is 29.1 Å². The maximum Gasteiger partial charge on any atom is 0.344 e. The molecule has 1 fully saturated rings. The fourth-order valence-electron chi connectivity index (χ4n) is 6.12. The highest BCUT2D eigenvalue weighted by Gasteiger charge is 2.45. The van der Waals surface area contributed by atoms with Crippen molar-refractivity contribution in [2.45, 2.75) is 84.8 Å². The molecule has 0 aliphatic heterocycles. The van der Waals surface area contributed by atoms with E-state index in [0.717, 1.165) is 37.7 Å². The van der Waals surface area contributed by atoms with Gasteiger partial charge in [-0.3, -0.25) is 4.79 Å². The maximum absolute atomic E-state index is 11.9. The number of carboxylic acid groups (broad SMARTS) is 1. The second kappa shape index (κ2) is 11.7. The standard InChI is InChI=1S/C28H42O7/c1-17(15-28(2,3)4)23(29)9-8-20-21-12-18-6-5-7-25(22(18)13-19(21)14-24(20)30)35-16-27(33)34-11-10-26(31)32/h5-7,17,19-21,23-24,29-30H,8-16H2,1-4H3,(H,31,32)/t17?,19-,20+,21-,23+,24+/m0/s1. The van der Waals surface area contributed by atoms with E-state index in [2.05, 4.69) is 33.8 Å². The topological polar surface area (TPSA) is 113 Å². The minimum absolute atomic E-state index is 0.170. The summed E-state index contributed by atoms with van der Waals surface area (Å²) in [5.74, 6) is 0.174. The highest BCUT2D eigenvalue weighted by atomic mass is 16.6. The van der Waals surface area contributed by atoms with E-state index >= 15 is 0 Å². The average Bonchev–Trinajstić information content (AvgIpc) is 3.06. The molecule has 1 aromatic rings. The highest BCUT2D eigenvalue weighted by Crippen LogP contribution is 2.48. The van der Waals surface area contributed by atoms with Gasteiger partial charge in [0.05, 0.1) is 18.6 Å². The fraction of sp³-hybridized carbons (Fsp3) is 0.714. The summed E-state index contributed by atoms with van der Waals surface area (Å²) in [7, 11) is 0. The normalized spacial score (nSPS) is 25.3. The second-order valence-electron chi connectivity index (χ2n) is 11.7. The summed E-state index contributed by atoms with van der Waals surface area (Å²) < 4.78 is 10.7. The number of rotatable bonds is 11. The van der Waals surface area contributed by atoms with Gasteiger partial charge in [-0.2, -0.15) is 0 Å². The van der Waals surface area contributed by atoms with Crippen LogP contribution in [0.4, 0.5) is 0 Å². The SMILES string of the molecule is CC(CC(C)(C)C)[C@H](O)CC[C@@H]1[C@H]2Cc3cccc(OCC(=O)OCCC(=O)O)c3C[C@H]2C[C@H]1O. The molecule has 0 radical (unpaired) electrons. The lowest BCUT2D eigenvalue weighted by Crippen LogP contribution is -2.29. The molecule has 0 amide bonds. The number of esters is 1. The number of carbonyl (C=O) groups is 2. The Balaban J connectivity index is 1.58. The molecule has 1 unspecified atom stereocenters. The van der Waals surface area contributed by atoms with Crippen LogP contribution in [0.5, 0.6) is 5.75 Å². The summed E-state index contributed by atoms with van der Waals surface area (Å²) >= 11 is 0. The minimum Gasteiger partial charge on any atom is -0.482 e. The van der Waals surface area contributed by atoms with E-state index in [0.29, 0.717) is 24.0 Å². The van der Waals surface area contributed by atoms with Gasteiger partial charge in [-0.25, -0.2) is 4.79 Å². The van der Waals surface area contributed by atoms with E-state index in [1.807, 2.05) is 12.1 Å². The molecule has 3 N–H and O–H groups in total. The third kappa shape index (κ3) is 7.68. The molecule has 196 valence electrons. The molecule has 35 heavy (non-hydrogen) atoms. The summed E-state index contributed by atoms with van der Waals surface area (Å²) in [6.07, 6.45) is 3.95. The van der Waals surface area contributed by atoms with Crippen molar-refractivity contribution in [3.05, 3.63) is 29.3 Å². The van der Waals surface area contributed by atoms with E-state index in [-0.39, 0.29) is 49.1 Å². The van der Waals surface area contributed by atoms with E-state index < -0.39 is 11.9 Å². The second-order valence-corrected chi connectivity index (χ2v) is 11.7. The van der Waals surface area contributed by atoms with Gasteiger partial charge >= 0.3 is 11.9 Å². The molecule has 0 spiro atoms. The summed E-state index contributed by atoms with van der Waals surface area (Å²) in [5.41, 5.74) is 2.45. The zero-order chi connectivity index (χ0) is 25.8. The van der Waals surface area contributed by atoms with Gasteiger partial charge in [0.25, 0.3) is 0 Å². The monoisotopic (exact) mass is 490 g/mol.